The number of esters is 1. The van der Waals surface area contributed by atoms with Gasteiger partial charge in [0.05, 0.1) is 5.56 Å². The van der Waals surface area contributed by atoms with E-state index < -0.39 is 0 Å². The van der Waals surface area contributed by atoms with Gasteiger partial charge in [-0.3, -0.25) is 0 Å². The molecule has 0 saturated heterocycles. The van der Waals surface area contributed by atoms with Crippen molar-refractivity contribution in [2.45, 2.75) is 26.2 Å². The Morgan fingerprint density at radius 2 is 1.67 bits per heavy atom. The van der Waals surface area contributed by atoms with Gasteiger partial charge in [0.15, 0.2) is 0 Å². The smallest absolute Gasteiger partial charge is 0.344 e. The molecule has 0 aromatic heterocycles. The molecule has 0 spiro atoms. The molecule has 2 heteroatoms. The lowest BCUT2D eigenvalue weighted by Gasteiger charge is -2.19. The van der Waals surface area contributed by atoms with Crippen LogP contribution in [0, 0.1) is 0 Å². The highest BCUT2D eigenvalue weighted by Gasteiger charge is 2.25. The fraction of sp³-hybridized carbons (Fsp3) is 0.211. The first-order valence-corrected chi connectivity index (χ1v) is 7.09. The largest absolute Gasteiger partial charge is 0.422 e. The van der Waals surface area contributed by atoms with Crippen molar-refractivity contribution in [2.24, 2.45) is 0 Å². The standard InChI is InChI=1S/C19H18O2/c1-19(2,3)14-8-6-7-13(11-14)12-17-15-9-4-5-10-16(15)18(20)21-17/h4-12H,1-3H3. The van der Waals surface area contributed by atoms with E-state index in [1.807, 2.05) is 36.4 Å². The van der Waals surface area contributed by atoms with Crippen LogP contribution in [0.5, 0.6) is 0 Å². The van der Waals surface area contributed by atoms with Gasteiger partial charge in [0.25, 0.3) is 0 Å². The van der Waals surface area contributed by atoms with Crippen molar-refractivity contribution in [1.82, 2.24) is 0 Å². The van der Waals surface area contributed by atoms with Gasteiger partial charge in [-0.15, -0.1) is 0 Å². The molecule has 0 aliphatic carbocycles. The number of hydrogen-bond acceptors (Lipinski definition) is 2. The van der Waals surface area contributed by atoms with Gasteiger partial charge in [-0.25, -0.2) is 4.79 Å². The molecule has 0 radical (unpaired) electrons. The van der Waals surface area contributed by atoms with Gasteiger partial charge < -0.3 is 4.74 Å². The van der Waals surface area contributed by atoms with Crippen molar-refractivity contribution in [2.75, 3.05) is 0 Å². The summed E-state index contributed by atoms with van der Waals surface area (Å²) in [6, 6.07) is 15.8. The van der Waals surface area contributed by atoms with Crippen LogP contribution in [0.25, 0.3) is 11.8 Å². The highest BCUT2D eigenvalue weighted by atomic mass is 16.5. The topological polar surface area (TPSA) is 26.3 Å². The molecule has 0 fully saturated rings. The Labute approximate surface area is 125 Å². The Balaban J connectivity index is 2.03. The number of rotatable bonds is 1. The van der Waals surface area contributed by atoms with Crippen LogP contribution in [0.15, 0.2) is 48.5 Å². The summed E-state index contributed by atoms with van der Waals surface area (Å²) in [6.45, 7) is 6.55. The van der Waals surface area contributed by atoms with Crippen LogP contribution < -0.4 is 0 Å². The van der Waals surface area contributed by atoms with Crippen LogP contribution in [0.1, 0.15) is 47.8 Å². The lowest BCUT2D eigenvalue weighted by atomic mass is 9.86. The minimum atomic E-state index is -0.274. The molecule has 0 atom stereocenters. The number of cyclic esters (lactones) is 1. The first-order valence-electron chi connectivity index (χ1n) is 7.09. The highest BCUT2D eigenvalue weighted by molar-refractivity contribution is 6.05. The Hall–Kier alpha value is -2.35. The lowest BCUT2D eigenvalue weighted by molar-refractivity contribution is 0.0717. The van der Waals surface area contributed by atoms with Gasteiger partial charge in [-0.2, -0.15) is 0 Å². The molecule has 1 aliphatic rings. The normalized spacial score (nSPS) is 16.0. The zero-order chi connectivity index (χ0) is 15.0. The molecule has 2 nitrogen and oxygen atoms in total. The van der Waals surface area contributed by atoms with E-state index in [2.05, 4.69) is 32.9 Å². The summed E-state index contributed by atoms with van der Waals surface area (Å²) in [5.41, 5.74) is 3.90. The fourth-order valence-corrected chi connectivity index (χ4v) is 2.44. The van der Waals surface area contributed by atoms with Crippen LogP contribution in [0.2, 0.25) is 0 Å². The molecular formula is C19H18O2. The van der Waals surface area contributed by atoms with Crippen LogP contribution in [0.3, 0.4) is 0 Å². The summed E-state index contributed by atoms with van der Waals surface area (Å²) in [5.74, 6) is 0.352. The van der Waals surface area contributed by atoms with E-state index in [-0.39, 0.29) is 11.4 Å². The minimum absolute atomic E-state index is 0.0960. The highest BCUT2D eigenvalue weighted by Crippen LogP contribution is 2.31. The second-order valence-corrected chi connectivity index (χ2v) is 6.32. The molecule has 2 aromatic carbocycles. The van der Waals surface area contributed by atoms with Gasteiger partial charge in [0, 0.05) is 5.56 Å². The van der Waals surface area contributed by atoms with Gasteiger partial charge in [-0.1, -0.05) is 63.2 Å². The van der Waals surface area contributed by atoms with E-state index in [1.165, 1.54) is 5.56 Å². The summed E-state index contributed by atoms with van der Waals surface area (Å²) in [4.78, 5) is 11.8. The Morgan fingerprint density at radius 3 is 2.38 bits per heavy atom. The van der Waals surface area contributed by atoms with Crippen molar-refractivity contribution in [3.05, 3.63) is 70.8 Å². The Bertz CT molecular complexity index is 733. The van der Waals surface area contributed by atoms with Crippen molar-refractivity contribution in [3.63, 3.8) is 0 Å². The predicted molar refractivity (Wildman–Crippen MR) is 84.9 cm³/mol. The first kappa shape index (κ1) is 13.6. The molecule has 2 aromatic rings. The zero-order valence-corrected chi connectivity index (χ0v) is 12.5. The monoisotopic (exact) mass is 278 g/mol. The maximum atomic E-state index is 11.8. The minimum Gasteiger partial charge on any atom is -0.422 e. The number of benzene rings is 2. The third-order valence-electron chi connectivity index (χ3n) is 3.67. The number of hydrogen-bond donors (Lipinski definition) is 0. The van der Waals surface area contributed by atoms with Crippen LogP contribution in [-0.4, -0.2) is 5.97 Å². The SMILES string of the molecule is CC(C)(C)c1cccc(C=C2OC(=O)c3ccccc32)c1. The van der Waals surface area contributed by atoms with E-state index in [4.69, 9.17) is 4.74 Å². The number of carbonyl (C=O) groups excluding carboxylic acids is 1. The molecule has 0 unspecified atom stereocenters. The molecule has 0 saturated carbocycles. The molecule has 106 valence electrons. The van der Waals surface area contributed by atoms with Crippen LogP contribution in [-0.2, 0) is 10.2 Å². The molecule has 1 aliphatic heterocycles. The van der Waals surface area contributed by atoms with Gasteiger partial charge >= 0.3 is 5.97 Å². The summed E-state index contributed by atoms with van der Waals surface area (Å²) < 4.78 is 5.38. The third-order valence-corrected chi connectivity index (χ3v) is 3.67. The maximum Gasteiger partial charge on any atom is 0.344 e. The Kier molecular flexibility index (Phi) is 3.17. The van der Waals surface area contributed by atoms with E-state index in [1.54, 1.807) is 6.07 Å². The number of ether oxygens (including phenoxy) is 1. The first-order chi connectivity index (χ1) is 9.95. The van der Waals surface area contributed by atoms with Gasteiger partial charge in [0.1, 0.15) is 5.76 Å². The van der Waals surface area contributed by atoms with Crippen molar-refractivity contribution in [1.29, 1.82) is 0 Å². The molecule has 21 heavy (non-hydrogen) atoms. The van der Waals surface area contributed by atoms with Crippen molar-refractivity contribution in [3.8, 4) is 0 Å². The number of fused-ring (bicyclic) bond motifs is 1. The van der Waals surface area contributed by atoms with Gasteiger partial charge in [-0.05, 0) is 28.7 Å². The fourth-order valence-electron chi connectivity index (χ4n) is 2.44. The summed E-state index contributed by atoms with van der Waals surface area (Å²) in [7, 11) is 0. The van der Waals surface area contributed by atoms with E-state index in [9.17, 15) is 4.79 Å². The Morgan fingerprint density at radius 1 is 0.952 bits per heavy atom. The van der Waals surface area contributed by atoms with Crippen molar-refractivity contribution < 1.29 is 9.53 Å². The van der Waals surface area contributed by atoms with Crippen LogP contribution >= 0.6 is 0 Å². The summed E-state index contributed by atoms with van der Waals surface area (Å²) >= 11 is 0. The zero-order valence-electron chi connectivity index (χ0n) is 12.5. The van der Waals surface area contributed by atoms with Crippen molar-refractivity contribution >= 4 is 17.8 Å². The molecule has 1 heterocycles. The average Bonchev–Trinajstić information content (AvgIpc) is 2.76. The van der Waals surface area contributed by atoms with E-state index >= 15 is 0 Å². The quantitative estimate of drug-likeness (QED) is 0.710. The predicted octanol–water partition coefficient (Wildman–Crippen LogP) is 4.65. The molecule has 3 rings (SSSR count). The summed E-state index contributed by atoms with van der Waals surface area (Å²) in [6.07, 6.45) is 1.93. The second kappa shape index (κ2) is 4.88. The molecule has 0 bridgehead atoms. The van der Waals surface area contributed by atoms with Crippen LogP contribution in [0.4, 0.5) is 0 Å². The molecular weight excluding hydrogens is 260 g/mol. The maximum absolute atomic E-state index is 11.8. The van der Waals surface area contributed by atoms with E-state index in [0.717, 1.165) is 11.1 Å². The van der Waals surface area contributed by atoms with Gasteiger partial charge in [0.2, 0.25) is 0 Å². The number of carbonyl (C=O) groups is 1. The summed E-state index contributed by atoms with van der Waals surface area (Å²) in [5, 5.41) is 0. The average molecular weight is 278 g/mol. The molecule has 0 N–H and O–H groups in total. The lowest BCUT2D eigenvalue weighted by Crippen LogP contribution is -2.10. The third kappa shape index (κ3) is 2.62. The molecule has 0 amide bonds. The van der Waals surface area contributed by atoms with E-state index in [0.29, 0.717) is 11.3 Å². The second-order valence-electron chi connectivity index (χ2n) is 6.32.